The normalized spacial score (nSPS) is 21.7. The summed E-state index contributed by atoms with van der Waals surface area (Å²) < 4.78 is 13.4. The van der Waals surface area contributed by atoms with E-state index in [9.17, 15) is 4.79 Å². The molecule has 0 aromatic carbocycles. The molecule has 3 aliphatic rings. The first kappa shape index (κ1) is 17.0. The molecule has 0 radical (unpaired) electrons. The van der Waals surface area contributed by atoms with Crippen molar-refractivity contribution in [1.82, 2.24) is 14.7 Å². The number of hydrogen-bond acceptors (Lipinski definition) is 4. The predicted octanol–water partition coefficient (Wildman–Crippen LogP) is 3.12. The van der Waals surface area contributed by atoms with Crippen molar-refractivity contribution in [1.29, 1.82) is 0 Å². The average Bonchev–Trinajstić information content (AvgIpc) is 3.29. The zero-order valence-electron chi connectivity index (χ0n) is 16.2. The van der Waals surface area contributed by atoms with Gasteiger partial charge in [0, 0.05) is 28.9 Å². The van der Waals surface area contributed by atoms with Gasteiger partial charge in [0.25, 0.3) is 5.91 Å². The lowest BCUT2D eigenvalue weighted by Crippen LogP contribution is -2.56. The van der Waals surface area contributed by atoms with Gasteiger partial charge in [-0.25, -0.2) is 0 Å². The minimum absolute atomic E-state index is 0.0623. The molecule has 3 fully saturated rings. The highest BCUT2D eigenvalue weighted by Gasteiger charge is 2.51. The minimum Gasteiger partial charge on any atom is -0.474 e. The summed E-state index contributed by atoms with van der Waals surface area (Å²) in [7, 11) is 0. The molecule has 27 heavy (non-hydrogen) atoms. The third-order valence-corrected chi connectivity index (χ3v) is 6.49. The van der Waals surface area contributed by atoms with Gasteiger partial charge in [-0.3, -0.25) is 4.79 Å². The SMILES string of the molecule is Cc1cc(OC2CC3(COC3)C2)nc2c(C(=O)NC(C)(C)C3CC3)ccn12. The van der Waals surface area contributed by atoms with Crippen LogP contribution in [0.3, 0.4) is 0 Å². The van der Waals surface area contributed by atoms with Crippen molar-refractivity contribution < 1.29 is 14.3 Å². The van der Waals surface area contributed by atoms with E-state index in [0.29, 0.717) is 28.4 Å². The lowest BCUT2D eigenvalue weighted by molar-refractivity contribution is -0.191. The Labute approximate surface area is 159 Å². The van der Waals surface area contributed by atoms with Gasteiger partial charge in [-0.1, -0.05) is 0 Å². The molecule has 2 aliphatic carbocycles. The van der Waals surface area contributed by atoms with E-state index in [4.69, 9.17) is 9.47 Å². The summed E-state index contributed by atoms with van der Waals surface area (Å²) in [6, 6.07) is 3.80. The largest absolute Gasteiger partial charge is 0.474 e. The van der Waals surface area contributed by atoms with E-state index in [2.05, 4.69) is 24.1 Å². The molecule has 0 bridgehead atoms. The number of nitrogens with one attached hydrogen (secondary N) is 1. The molecule has 5 rings (SSSR count). The summed E-state index contributed by atoms with van der Waals surface area (Å²) in [4.78, 5) is 17.6. The first-order valence-corrected chi connectivity index (χ1v) is 9.91. The van der Waals surface area contributed by atoms with Crippen LogP contribution in [0.5, 0.6) is 5.88 Å². The maximum Gasteiger partial charge on any atom is 0.255 e. The fraction of sp³-hybridized carbons (Fsp3) is 0.619. The summed E-state index contributed by atoms with van der Waals surface area (Å²) in [5.74, 6) is 1.12. The zero-order valence-corrected chi connectivity index (χ0v) is 16.2. The number of carbonyl (C=O) groups is 1. The Hall–Kier alpha value is -2.08. The van der Waals surface area contributed by atoms with Crippen molar-refractivity contribution in [3.05, 3.63) is 29.6 Å². The lowest BCUT2D eigenvalue weighted by Gasteiger charge is -2.52. The Bertz CT molecular complexity index is 901. The Morgan fingerprint density at radius 1 is 1.37 bits per heavy atom. The van der Waals surface area contributed by atoms with Crippen LogP contribution < -0.4 is 10.1 Å². The predicted molar refractivity (Wildman–Crippen MR) is 101 cm³/mol. The number of hydrogen-bond donors (Lipinski definition) is 1. The maximum atomic E-state index is 12.9. The third kappa shape index (κ3) is 2.90. The molecule has 6 nitrogen and oxygen atoms in total. The molecular formula is C21H27N3O3. The molecule has 2 aromatic heterocycles. The van der Waals surface area contributed by atoms with Crippen LogP contribution in [0.2, 0.25) is 0 Å². The Kier molecular flexibility index (Phi) is 3.60. The molecule has 1 N–H and O–H groups in total. The quantitative estimate of drug-likeness (QED) is 0.879. The molecule has 2 aromatic rings. The fourth-order valence-corrected chi connectivity index (χ4v) is 4.50. The summed E-state index contributed by atoms with van der Waals surface area (Å²) in [5, 5.41) is 3.19. The molecule has 0 unspecified atom stereocenters. The highest BCUT2D eigenvalue weighted by molar-refractivity contribution is 6.00. The van der Waals surface area contributed by atoms with E-state index in [-0.39, 0.29) is 17.6 Å². The standard InChI is InChI=1S/C21H27N3O3/c1-13-8-17(27-15-9-21(10-15)11-26-12-21)22-18-16(6-7-24(13)18)19(25)23-20(2,3)14-4-5-14/h6-8,14-15H,4-5,9-12H2,1-3H3,(H,23,25). The van der Waals surface area contributed by atoms with E-state index < -0.39 is 0 Å². The summed E-state index contributed by atoms with van der Waals surface area (Å²) >= 11 is 0. The van der Waals surface area contributed by atoms with Gasteiger partial charge in [-0.2, -0.15) is 4.98 Å². The Morgan fingerprint density at radius 2 is 2.11 bits per heavy atom. The number of aryl methyl sites for hydroxylation is 1. The molecule has 144 valence electrons. The third-order valence-electron chi connectivity index (χ3n) is 6.49. The first-order chi connectivity index (χ1) is 12.9. The summed E-state index contributed by atoms with van der Waals surface area (Å²) in [6.45, 7) is 7.94. The molecule has 1 amide bonds. The number of rotatable bonds is 5. The summed E-state index contributed by atoms with van der Waals surface area (Å²) in [6.07, 6.45) is 6.54. The van der Waals surface area contributed by atoms with Crippen LogP contribution in [0.4, 0.5) is 0 Å². The van der Waals surface area contributed by atoms with E-state index >= 15 is 0 Å². The van der Waals surface area contributed by atoms with Crippen molar-refractivity contribution in [3.8, 4) is 5.88 Å². The molecule has 3 heterocycles. The van der Waals surface area contributed by atoms with Crippen molar-refractivity contribution >= 4 is 11.6 Å². The first-order valence-electron chi connectivity index (χ1n) is 9.91. The van der Waals surface area contributed by atoms with Crippen LogP contribution in [0.1, 0.15) is 55.6 Å². The zero-order chi connectivity index (χ0) is 18.8. The highest BCUT2D eigenvalue weighted by Crippen LogP contribution is 2.48. The number of fused-ring (bicyclic) bond motifs is 1. The molecule has 1 aliphatic heterocycles. The van der Waals surface area contributed by atoms with E-state index in [1.54, 1.807) is 0 Å². The Morgan fingerprint density at radius 3 is 2.74 bits per heavy atom. The number of aromatic nitrogens is 2. The number of carbonyl (C=O) groups excluding carboxylic acids is 1. The van der Waals surface area contributed by atoms with Gasteiger partial charge in [0.05, 0.1) is 18.8 Å². The second kappa shape index (κ2) is 5.71. The van der Waals surface area contributed by atoms with Crippen LogP contribution in [0.25, 0.3) is 5.65 Å². The minimum atomic E-state index is -0.181. The lowest BCUT2D eigenvalue weighted by atomic mass is 9.65. The molecule has 0 atom stereocenters. The number of ether oxygens (including phenoxy) is 2. The van der Waals surface area contributed by atoms with Gasteiger partial charge in [0.2, 0.25) is 5.88 Å². The molecule has 6 heteroatoms. The van der Waals surface area contributed by atoms with E-state index in [1.807, 2.05) is 29.7 Å². The van der Waals surface area contributed by atoms with Crippen LogP contribution in [0, 0.1) is 18.3 Å². The fourth-order valence-electron chi connectivity index (χ4n) is 4.50. The van der Waals surface area contributed by atoms with Gasteiger partial charge >= 0.3 is 0 Å². The van der Waals surface area contributed by atoms with Crippen molar-refractivity contribution in [2.45, 2.75) is 58.1 Å². The van der Waals surface area contributed by atoms with Crippen LogP contribution in [-0.4, -0.2) is 40.1 Å². The Balaban J connectivity index is 1.37. The topological polar surface area (TPSA) is 64.9 Å². The van der Waals surface area contributed by atoms with Gasteiger partial charge in [0.15, 0.2) is 5.65 Å². The summed E-state index contributed by atoms with van der Waals surface area (Å²) in [5.41, 5.74) is 2.46. The monoisotopic (exact) mass is 369 g/mol. The van der Waals surface area contributed by atoms with Crippen molar-refractivity contribution in [2.24, 2.45) is 11.3 Å². The van der Waals surface area contributed by atoms with E-state index in [0.717, 1.165) is 31.7 Å². The van der Waals surface area contributed by atoms with Gasteiger partial charge in [-0.15, -0.1) is 0 Å². The molecule has 2 saturated carbocycles. The number of amides is 1. The van der Waals surface area contributed by atoms with E-state index in [1.165, 1.54) is 12.8 Å². The van der Waals surface area contributed by atoms with Gasteiger partial charge in [0.1, 0.15) is 6.10 Å². The van der Waals surface area contributed by atoms with Crippen LogP contribution >= 0.6 is 0 Å². The van der Waals surface area contributed by atoms with Crippen molar-refractivity contribution in [2.75, 3.05) is 13.2 Å². The second-order valence-electron chi connectivity index (χ2n) is 9.25. The number of nitrogens with zero attached hydrogens (tertiary/aromatic N) is 2. The maximum absolute atomic E-state index is 12.9. The second-order valence-corrected chi connectivity index (χ2v) is 9.25. The molecule has 1 spiro atoms. The van der Waals surface area contributed by atoms with Crippen LogP contribution in [0.15, 0.2) is 18.3 Å². The van der Waals surface area contributed by atoms with Gasteiger partial charge in [-0.05, 0) is 58.4 Å². The van der Waals surface area contributed by atoms with Gasteiger partial charge < -0.3 is 19.2 Å². The van der Waals surface area contributed by atoms with Crippen molar-refractivity contribution in [3.63, 3.8) is 0 Å². The average molecular weight is 369 g/mol. The van der Waals surface area contributed by atoms with Crippen LogP contribution in [-0.2, 0) is 4.74 Å². The molecule has 1 saturated heterocycles. The smallest absolute Gasteiger partial charge is 0.255 e. The molecular weight excluding hydrogens is 342 g/mol. The highest BCUT2D eigenvalue weighted by atomic mass is 16.5.